The fourth-order valence-corrected chi connectivity index (χ4v) is 4.00. The summed E-state index contributed by atoms with van der Waals surface area (Å²) in [4.78, 5) is 1.11. The van der Waals surface area contributed by atoms with Crippen LogP contribution in [0.2, 0.25) is 0 Å². The van der Waals surface area contributed by atoms with Crippen LogP contribution < -0.4 is 5.32 Å². The number of hydrogen-bond acceptors (Lipinski definition) is 2. The second-order valence-corrected chi connectivity index (χ2v) is 7.04. The summed E-state index contributed by atoms with van der Waals surface area (Å²) in [7, 11) is 0. The maximum atomic E-state index is 13.8. The molecule has 0 saturated heterocycles. The van der Waals surface area contributed by atoms with E-state index in [2.05, 4.69) is 21.2 Å². The molecule has 2 aromatic carbocycles. The van der Waals surface area contributed by atoms with Crippen molar-refractivity contribution in [3.05, 3.63) is 63.6 Å². The standard InChI is InChI=1S/C16H14BrF2NS/c17-11-1-3-14(19)10(7-11)9-20-15-5-6-21-16-4-2-12(18)8-13(15)16/h1-4,7-8,15,20H,5-6,9H2. The van der Waals surface area contributed by atoms with Crippen molar-refractivity contribution in [2.75, 3.05) is 5.75 Å². The molecule has 0 amide bonds. The molecule has 1 N–H and O–H groups in total. The third-order valence-electron chi connectivity index (χ3n) is 3.56. The third-order valence-corrected chi connectivity index (χ3v) is 5.17. The molecule has 2 aromatic rings. The van der Waals surface area contributed by atoms with Crippen LogP contribution in [0.5, 0.6) is 0 Å². The van der Waals surface area contributed by atoms with Crippen LogP contribution >= 0.6 is 27.7 Å². The summed E-state index contributed by atoms with van der Waals surface area (Å²) >= 11 is 5.09. The molecule has 110 valence electrons. The number of thioether (sulfide) groups is 1. The summed E-state index contributed by atoms with van der Waals surface area (Å²) in [6.45, 7) is 0.427. The molecule has 0 aromatic heterocycles. The summed E-state index contributed by atoms with van der Waals surface area (Å²) < 4.78 is 28.1. The highest BCUT2D eigenvalue weighted by atomic mass is 79.9. The van der Waals surface area contributed by atoms with Crippen LogP contribution in [0.1, 0.15) is 23.6 Å². The van der Waals surface area contributed by atoms with Gasteiger partial charge >= 0.3 is 0 Å². The molecule has 0 radical (unpaired) electrons. The molecule has 1 aliphatic rings. The molecule has 1 unspecified atom stereocenters. The summed E-state index contributed by atoms with van der Waals surface area (Å²) in [6, 6.07) is 9.86. The predicted molar refractivity (Wildman–Crippen MR) is 85.4 cm³/mol. The zero-order valence-electron chi connectivity index (χ0n) is 11.2. The number of halogens is 3. The third kappa shape index (κ3) is 3.47. The molecular weight excluding hydrogens is 356 g/mol. The van der Waals surface area contributed by atoms with E-state index in [1.807, 2.05) is 6.07 Å². The first-order valence-corrected chi connectivity index (χ1v) is 8.51. The van der Waals surface area contributed by atoms with E-state index in [0.29, 0.717) is 12.1 Å². The van der Waals surface area contributed by atoms with Crippen LogP contribution in [-0.2, 0) is 6.54 Å². The van der Waals surface area contributed by atoms with E-state index in [4.69, 9.17) is 0 Å². The topological polar surface area (TPSA) is 12.0 Å². The number of nitrogens with one attached hydrogen (secondary N) is 1. The van der Waals surface area contributed by atoms with Gasteiger partial charge in [-0.3, -0.25) is 0 Å². The van der Waals surface area contributed by atoms with Gasteiger partial charge in [0.25, 0.3) is 0 Å². The van der Waals surface area contributed by atoms with Gasteiger partial charge in [0.2, 0.25) is 0 Å². The lowest BCUT2D eigenvalue weighted by Crippen LogP contribution is -2.24. The summed E-state index contributed by atoms with van der Waals surface area (Å²) in [5.41, 5.74) is 1.59. The van der Waals surface area contributed by atoms with Gasteiger partial charge in [0, 0.05) is 27.5 Å². The van der Waals surface area contributed by atoms with E-state index in [9.17, 15) is 8.78 Å². The van der Waals surface area contributed by atoms with Crippen molar-refractivity contribution in [1.29, 1.82) is 0 Å². The van der Waals surface area contributed by atoms with Gasteiger partial charge in [0.15, 0.2) is 0 Å². The highest BCUT2D eigenvalue weighted by molar-refractivity contribution is 9.10. The number of hydrogen-bond donors (Lipinski definition) is 1. The Labute approximate surface area is 135 Å². The molecule has 1 nitrogen and oxygen atoms in total. The molecule has 1 aliphatic heterocycles. The Morgan fingerprint density at radius 2 is 2.05 bits per heavy atom. The van der Waals surface area contributed by atoms with Crippen LogP contribution in [0.3, 0.4) is 0 Å². The van der Waals surface area contributed by atoms with Crippen molar-refractivity contribution in [3.63, 3.8) is 0 Å². The Balaban J connectivity index is 1.78. The fourth-order valence-electron chi connectivity index (χ4n) is 2.49. The van der Waals surface area contributed by atoms with Crippen molar-refractivity contribution >= 4 is 27.7 Å². The van der Waals surface area contributed by atoms with E-state index in [-0.39, 0.29) is 17.7 Å². The van der Waals surface area contributed by atoms with Gasteiger partial charge in [-0.2, -0.15) is 0 Å². The Bertz CT molecular complexity index is 663. The molecule has 21 heavy (non-hydrogen) atoms. The smallest absolute Gasteiger partial charge is 0.127 e. The lowest BCUT2D eigenvalue weighted by atomic mass is 10.0. The van der Waals surface area contributed by atoms with Crippen LogP contribution in [-0.4, -0.2) is 5.75 Å². The van der Waals surface area contributed by atoms with Gasteiger partial charge in [-0.05, 0) is 54.1 Å². The maximum Gasteiger partial charge on any atom is 0.127 e. The fraction of sp³-hybridized carbons (Fsp3) is 0.250. The second kappa shape index (κ2) is 6.46. The number of benzene rings is 2. The first-order chi connectivity index (χ1) is 10.1. The van der Waals surface area contributed by atoms with Crippen LogP contribution in [0, 0.1) is 11.6 Å². The summed E-state index contributed by atoms with van der Waals surface area (Å²) in [5.74, 6) is 0.532. The molecule has 1 atom stereocenters. The van der Waals surface area contributed by atoms with Crippen molar-refractivity contribution in [2.24, 2.45) is 0 Å². The first-order valence-electron chi connectivity index (χ1n) is 6.73. The van der Waals surface area contributed by atoms with Crippen LogP contribution in [0.4, 0.5) is 8.78 Å². The lowest BCUT2D eigenvalue weighted by molar-refractivity contribution is 0.492. The van der Waals surface area contributed by atoms with Gasteiger partial charge in [0.05, 0.1) is 0 Å². The average molecular weight is 370 g/mol. The molecule has 0 fully saturated rings. The summed E-state index contributed by atoms with van der Waals surface area (Å²) in [5, 5.41) is 3.35. The van der Waals surface area contributed by atoms with Gasteiger partial charge in [-0.1, -0.05) is 15.9 Å². The van der Waals surface area contributed by atoms with E-state index in [1.165, 1.54) is 12.1 Å². The summed E-state index contributed by atoms with van der Waals surface area (Å²) in [6.07, 6.45) is 0.913. The molecule has 0 spiro atoms. The van der Waals surface area contributed by atoms with Crippen LogP contribution in [0.25, 0.3) is 0 Å². The molecule has 1 heterocycles. The number of rotatable bonds is 3. The Morgan fingerprint density at radius 1 is 1.19 bits per heavy atom. The zero-order valence-corrected chi connectivity index (χ0v) is 13.6. The Kier molecular flexibility index (Phi) is 4.62. The van der Waals surface area contributed by atoms with Gasteiger partial charge in [-0.15, -0.1) is 11.8 Å². The molecule has 0 saturated carbocycles. The van der Waals surface area contributed by atoms with Crippen LogP contribution in [0.15, 0.2) is 45.8 Å². The average Bonchev–Trinajstić information content (AvgIpc) is 2.48. The first kappa shape index (κ1) is 15.0. The van der Waals surface area contributed by atoms with E-state index < -0.39 is 0 Å². The van der Waals surface area contributed by atoms with E-state index in [0.717, 1.165) is 27.1 Å². The molecule has 3 rings (SSSR count). The van der Waals surface area contributed by atoms with E-state index in [1.54, 1.807) is 30.0 Å². The van der Waals surface area contributed by atoms with Crippen molar-refractivity contribution in [1.82, 2.24) is 5.32 Å². The minimum Gasteiger partial charge on any atom is -0.306 e. The Hall–Kier alpha value is -0.910. The SMILES string of the molecule is Fc1ccc2c(c1)C(NCc1cc(Br)ccc1F)CCS2. The van der Waals surface area contributed by atoms with E-state index >= 15 is 0 Å². The van der Waals surface area contributed by atoms with Gasteiger partial charge in [0.1, 0.15) is 11.6 Å². The zero-order chi connectivity index (χ0) is 14.8. The Morgan fingerprint density at radius 3 is 2.90 bits per heavy atom. The molecule has 0 bridgehead atoms. The highest BCUT2D eigenvalue weighted by Gasteiger charge is 2.21. The largest absolute Gasteiger partial charge is 0.306 e. The predicted octanol–water partition coefficient (Wildman–Crippen LogP) is 5.05. The van der Waals surface area contributed by atoms with Crippen molar-refractivity contribution in [3.8, 4) is 0 Å². The normalized spacial score (nSPS) is 17.6. The second-order valence-electron chi connectivity index (χ2n) is 4.99. The highest BCUT2D eigenvalue weighted by Crippen LogP contribution is 2.36. The molecule has 5 heteroatoms. The molecule has 0 aliphatic carbocycles. The van der Waals surface area contributed by atoms with Crippen molar-refractivity contribution < 1.29 is 8.78 Å². The van der Waals surface area contributed by atoms with Gasteiger partial charge < -0.3 is 5.32 Å². The quantitative estimate of drug-likeness (QED) is 0.811. The minimum atomic E-state index is -0.227. The van der Waals surface area contributed by atoms with Gasteiger partial charge in [-0.25, -0.2) is 8.78 Å². The maximum absolute atomic E-state index is 13.8. The molecular formula is C16H14BrF2NS. The minimum absolute atomic E-state index is 0.0651. The monoisotopic (exact) mass is 369 g/mol. The number of fused-ring (bicyclic) bond motifs is 1. The van der Waals surface area contributed by atoms with Crippen molar-refractivity contribution in [2.45, 2.75) is 23.9 Å². The lowest BCUT2D eigenvalue weighted by Gasteiger charge is -2.26.